The van der Waals surface area contributed by atoms with E-state index in [1.165, 1.54) is 5.56 Å². The highest BCUT2D eigenvalue weighted by atomic mass is 16.2. The smallest absolute Gasteiger partial charge is 0.250 e. The molecule has 1 aromatic heterocycles. The molecule has 126 valence electrons. The van der Waals surface area contributed by atoms with Crippen molar-refractivity contribution in [2.75, 3.05) is 4.90 Å². The fourth-order valence-corrected chi connectivity index (χ4v) is 3.74. The molecule has 0 radical (unpaired) electrons. The molecule has 0 fully saturated rings. The first-order chi connectivity index (χ1) is 12.1. The topological polar surface area (TPSA) is 68.3 Å². The summed E-state index contributed by atoms with van der Waals surface area (Å²) < 4.78 is 1.81. The molecule has 1 aliphatic rings. The number of amides is 2. The molecule has 2 aromatic carbocycles. The van der Waals surface area contributed by atoms with Gasteiger partial charge >= 0.3 is 0 Å². The number of para-hydroxylation sites is 2. The SMILES string of the molecule is C[C@@H]1Cc2ccccc2N1C(=O)Cn1cc(C(N)=O)c2ccccc21. The van der Waals surface area contributed by atoms with Gasteiger partial charge in [0, 0.05) is 28.8 Å². The summed E-state index contributed by atoms with van der Waals surface area (Å²) in [5.41, 5.74) is 8.94. The average molecular weight is 333 g/mol. The maximum absolute atomic E-state index is 13.0. The first-order valence-electron chi connectivity index (χ1n) is 8.34. The number of anilines is 1. The van der Waals surface area contributed by atoms with E-state index in [1.54, 1.807) is 6.20 Å². The third-order valence-electron chi connectivity index (χ3n) is 4.84. The van der Waals surface area contributed by atoms with Gasteiger partial charge in [-0.05, 0) is 31.0 Å². The van der Waals surface area contributed by atoms with Crippen molar-refractivity contribution < 1.29 is 9.59 Å². The highest BCUT2D eigenvalue weighted by Crippen LogP contribution is 2.32. The van der Waals surface area contributed by atoms with Crippen LogP contribution in [0, 0.1) is 0 Å². The third-order valence-corrected chi connectivity index (χ3v) is 4.84. The van der Waals surface area contributed by atoms with Crippen LogP contribution in [0.15, 0.2) is 54.7 Å². The number of hydrogen-bond acceptors (Lipinski definition) is 2. The highest BCUT2D eigenvalue weighted by molar-refractivity contribution is 6.07. The Kier molecular flexibility index (Phi) is 3.57. The van der Waals surface area contributed by atoms with Gasteiger partial charge in [-0.15, -0.1) is 0 Å². The second-order valence-corrected chi connectivity index (χ2v) is 6.50. The van der Waals surface area contributed by atoms with E-state index in [9.17, 15) is 9.59 Å². The summed E-state index contributed by atoms with van der Waals surface area (Å²) in [6.45, 7) is 2.23. The molecule has 2 heterocycles. The largest absolute Gasteiger partial charge is 0.366 e. The van der Waals surface area contributed by atoms with Gasteiger partial charge in [0.25, 0.3) is 5.91 Å². The lowest BCUT2D eigenvalue weighted by Gasteiger charge is -2.23. The number of fused-ring (bicyclic) bond motifs is 2. The maximum Gasteiger partial charge on any atom is 0.250 e. The molecular formula is C20H19N3O2. The second-order valence-electron chi connectivity index (χ2n) is 6.50. The van der Waals surface area contributed by atoms with Gasteiger partial charge in [0.15, 0.2) is 0 Å². The summed E-state index contributed by atoms with van der Waals surface area (Å²) in [5, 5.41) is 0.776. The standard InChI is InChI=1S/C20H19N3O2/c1-13-10-14-6-2-4-8-17(14)23(13)19(24)12-22-11-16(20(21)25)15-7-3-5-9-18(15)22/h2-9,11,13H,10,12H2,1H3,(H2,21,25)/t13-/m1/s1. The van der Waals surface area contributed by atoms with Gasteiger partial charge in [-0.3, -0.25) is 9.59 Å². The summed E-state index contributed by atoms with van der Waals surface area (Å²) in [6.07, 6.45) is 2.54. The van der Waals surface area contributed by atoms with E-state index in [2.05, 4.69) is 13.0 Å². The molecule has 4 rings (SSSR count). The minimum absolute atomic E-state index is 0.00854. The minimum atomic E-state index is -0.484. The molecular weight excluding hydrogens is 314 g/mol. The number of benzene rings is 2. The summed E-state index contributed by atoms with van der Waals surface area (Å²) in [6, 6.07) is 15.6. The zero-order valence-corrected chi connectivity index (χ0v) is 14.0. The van der Waals surface area contributed by atoms with E-state index < -0.39 is 5.91 Å². The molecule has 0 saturated heterocycles. The molecule has 25 heavy (non-hydrogen) atoms. The number of nitrogens with two attached hydrogens (primary N) is 1. The van der Waals surface area contributed by atoms with Crippen molar-refractivity contribution >= 4 is 28.4 Å². The summed E-state index contributed by atoms with van der Waals surface area (Å²) in [5.74, 6) is -0.475. The van der Waals surface area contributed by atoms with Crippen LogP contribution in [-0.2, 0) is 17.8 Å². The zero-order chi connectivity index (χ0) is 17.6. The lowest BCUT2D eigenvalue weighted by atomic mass is 10.1. The first-order valence-corrected chi connectivity index (χ1v) is 8.34. The predicted molar refractivity (Wildman–Crippen MR) is 97.5 cm³/mol. The van der Waals surface area contributed by atoms with Crippen molar-refractivity contribution in [2.45, 2.75) is 25.9 Å². The number of nitrogens with zero attached hydrogens (tertiary/aromatic N) is 2. The number of primary amides is 1. The van der Waals surface area contributed by atoms with Crippen LogP contribution in [-0.4, -0.2) is 22.4 Å². The van der Waals surface area contributed by atoms with Gasteiger partial charge in [0.2, 0.25) is 5.91 Å². The van der Waals surface area contributed by atoms with Crippen molar-refractivity contribution in [2.24, 2.45) is 5.73 Å². The van der Waals surface area contributed by atoms with Gasteiger partial charge in [0.1, 0.15) is 6.54 Å². The third kappa shape index (κ3) is 2.48. The predicted octanol–water partition coefficient (Wildman–Crippen LogP) is 2.72. The van der Waals surface area contributed by atoms with Crippen molar-refractivity contribution in [1.29, 1.82) is 0 Å². The molecule has 2 amide bonds. The molecule has 0 unspecified atom stereocenters. The van der Waals surface area contributed by atoms with Crippen LogP contribution in [0.3, 0.4) is 0 Å². The lowest BCUT2D eigenvalue weighted by Crippen LogP contribution is -2.38. The molecule has 0 aliphatic carbocycles. The second kappa shape index (κ2) is 5.77. The van der Waals surface area contributed by atoms with Crippen molar-refractivity contribution in [1.82, 2.24) is 4.57 Å². The van der Waals surface area contributed by atoms with Gasteiger partial charge < -0.3 is 15.2 Å². The summed E-state index contributed by atoms with van der Waals surface area (Å²) >= 11 is 0. The van der Waals surface area contributed by atoms with Crippen LogP contribution in [0.25, 0.3) is 10.9 Å². The lowest BCUT2D eigenvalue weighted by molar-refractivity contribution is -0.119. The van der Waals surface area contributed by atoms with Gasteiger partial charge in [-0.1, -0.05) is 36.4 Å². The molecule has 1 aliphatic heterocycles. The molecule has 5 heteroatoms. The normalized spacial score (nSPS) is 16.2. The van der Waals surface area contributed by atoms with Crippen LogP contribution >= 0.6 is 0 Å². The Hall–Kier alpha value is -3.08. The Labute approximate surface area is 145 Å². The Morgan fingerprint density at radius 2 is 1.84 bits per heavy atom. The van der Waals surface area contributed by atoms with E-state index in [0.717, 1.165) is 23.0 Å². The number of hydrogen-bond donors (Lipinski definition) is 1. The van der Waals surface area contributed by atoms with E-state index >= 15 is 0 Å². The van der Waals surface area contributed by atoms with Crippen LogP contribution < -0.4 is 10.6 Å². The molecule has 1 atom stereocenters. The Morgan fingerprint density at radius 1 is 1.12 bits per heavy atom. The molecule has 3 aromatic rings. The summed E-state index contributed by atoms with van der Waals surface area (Å²) in [4.78, 5) is 26.6. The van der Waals surface area contributed by atoms with E-state index in [0.29, 0.717) is 5.56 Å². The fourth-order valence-electron chi connectivity index (χ4n) is 3.74. The quantitative estimate of drug-likeness (QED) is 0.801. The highest BCUT2D eigenvalue weighted by Gasteiger charge is 2.30. The Bertz CT molecular complexity index is 990. The Morgan fingerprint density at radius 3 is 2.64 bits per heavy atom. The van der Waals surface area contributed by atoms with Crippen LogP contribution in [0.5, 0.6) is 0 Å². The van der Waals surface area contributed by atoms with Crippen molar-refractivity contribution in [3.05, 3.63) is 65.9 Å². The number of carbonyl (C=O) groups excluding carboxylic acids is 2. The zero-order valence-electron chi connectivity index (χ0n) is 14.0. The molecule has 0 saturated carbocycles. The number of carbonyl (C=O) groups is 2. The molecule has 5 nitrogen and oxygen atoms in total. The first kappa shape index (κ1) is 15.4. The number of aromatic nitrogens is 1. The minimum Gasteiger partial charge on any atom is -0.366 e. The molecule has 0 bridgehead atoms. The molecule has 0 spiro atoms. The average Bonchev–Trinajstić information content (AvgIpc) is 3.12. The monoisotopic (exact) mass is 333 g/mol. The van der Waals surface area contributed by atoms with Crippen LogP contribution in [0.2, 0.25) is 0 Å². The number of rotatable bonds is 3. The van der Waals surface area contributed by atoms with E-state index in [1.807, 2.05) is 51.9 Å². The van der Waals surface area contributed by atoms with Crippen molar-refractivity contribution in [3.63, 3.8) is 0 Å². The maximum atomic E-state index is 13.0. The van der Waals surface area contributed by atoms with E-state index in [4.69, 9.17) is 5.73 Å². The molecule has 2 N–H and O–H groups in total. The fraction of sp³-hybridized carbons (Fsp3) is 0.200. The van der Waals surface area contributed by atoms with Crippen LogP contribution in [0.4, 0.5) is 5.69 Å². The van der Waals surface area contributed by atoms with Gasteiger partial charge in [-0.2, -0.15) is 0 Å². The van der Waals surface area contributed by atoms with Gasteiger partial charge in [-0.25, -0.2) is 0 Å². The van der Waals surface area contributed by atoms with E-state index in [-0.39, 0.29) is 18.5 Å². The van der Waals surface area contributed by atoms with Crippen LogP contribution in [0.1, 0.15) is 22.8 Å². The van der Waals surface area contributed by atoms with Gasteiger partial charge in [0.05, 0.1) is 5.56 Å². The Balaban J connectivity index is 1.70. The summed E-state index contributed by atoms with van der Waals surface area (Å²) in [7, 11) is 0. The van der Waals surface area contributed by atoms with Crippen molar-refractivity contribution in [3.8, 4) is 0 Å².